The van der Waals surface area contributed by atoms with Gasteiger partial charge in [-0.05, 0) is 37.1 Å². The number of hydrogen-bond donors (Lipinski definition) is 1. The number of fused-ring (bicyclic) bond motifs is 1. The Morgan fingerprint density at radius 1 is 1.26 bits per heavy atom. The third kappa shape index (κ3) is 2.37. The van der Waals surface area contributed by atoms with Gasteiger partial charge in [0.1, 0.15) is 5.69 Å². The zero-order valence-electron chi connectivity index (χ0n) is 10.7. The van der Waals surface area contributed by atoms with Crippen LogP contribution in [0.2, 0.25) is 0 Å². The third-order valence-electron chi connectivity index (χ3n) is 2.81. The van der Waals surface area contributed by atoms with E-state index < -0.39 is 0 Å². The molecule has 3 aromatic rings. The summed E-state index contributed by atoms with van der Waals surface area (Å²) < 4.78 is 1.85. The molecule has 0 bridgehead atoms. The highest BCUT2D eigenvalue weighted by atomic mass is 32.1. The number of benzene rings is 1. The van der Waals surface area contributed by atoms with Gasteiger partial charge in [0, 0.05) is 23.5 Å². The van der Waals surface area contributed by atoms with Gasteiger partial charge in [-0.1, -0.05) is 6.07 Å². The van der Waals surface area contributed by atoms with Crippen LogP contribution in [-0.2, 0) is 0 Å². The van der Waals surface area contributed by atoms with Gasteiger partial charge in [0.25, 0.3) is 5.91 Å². The van der Waals surface area contributed by atoms with E-state index in [0.29, 0.717) is 5.69 Å². The van der Waals surface area contributed by atoms with Crippen LogP contribution in [0.4, 0.5) is 5.69 Å². The fraction of sp³-hybridized carbons (Fsp3) is 0.143. The summed E-state index contributed by atoms with van der Waals surface area (Å²) in [6.07, 6.45) is 3.63. The number of imidazole rings is 1. The van der Waals surface area contributed by atoms with Crippen LogP contribution in [0.15, 0.2) is 36.0 Å². The van der Waals surface area contributed by atoms with Gasteiger partial charge in [-0.2, -0.15) is 0 Å². The molecule has 0 fully saturated rings. The molecule has 4 nitrogen and oxygen atoms in total. The lowest BCUT2D eigenvalue weighted by atomic mass is 10.1. The Hall–Kier alpha value is -2.14. The number of anilines is 1. The number of nitrogens with zero attached hydrogens (tertiary/aromatic N) is 2. The number of carbonyl (C=O) groups excluding carboxylic acids is 1. The zero-order valence-corrected chi connectivity index (χ0v) is 11.5. The highest BCUT2D eigenvalue weighted by Crippen LogP contribution is 2.16. The minimum Gasteiger partial charge on any atom is -0.321 e. The predicted molar refractivity (Wildman–Crippen MR) is 76.9 cm³/mol. The second kappa shape index (κ2) is 4.51. The maximum Gasteiger partial charge on any atom is 0.275 e. The van der Waals surface area contributed by atoms with Crippen LogP contribution in [0.5, 0.6) is 0 Å². The molecule has 2 aromatic heterocycles. The first-order chi connectivity index (χ1) is 9.11. The molecule has 1 N–H and O–H groups in total. The Morgan fingerprint density at radius 3 is 2.68 bits per heavy atom. The Balaban J connectivity index is 1.86. The largest absolute Gasteiger partial charge is 0.321 e. The van der Waals surface area contributed by atoms with Crippen LogP contribution >= 0.6 is 11.3 Å². The fourth-order valence-corrected chi connectivity index (χ4v) is 2.78. The van der Waals surface area contributed by atoms with Gasteiger partial charge in [-0.15, -0.1) is 11.3 Å². The monoisotopic (exact) mass is 271 g/mol. The second-order valence-corrected chi connectivity index (χ2v) is 5.42. The van der Waals surface area contributed by atoms with E-state index in [1.54, 1.807) is 6.20 Å². The summed E-state index contributed by atoms with van der Waals surface area (Å²) in [5, 5.41) is 4.82. The molecule has 2 heterocycles. The zero-order chi connectivity index (χ0) is 13.4. The number of hydrogen-bond acceptors (Lipinski definition) is 3. The Morgan fingerprint density at radius 2 is 2.00 bits per heavy atom. The molecular weight excluding hydrogens is 258 g/mol. The molecule has 1 amide bonds. The van der Waals surface area contributed by atoms with Crippen molar-refractivity contribution in [3.8, 4) is 0 Å². The van der Waals surface area contributed by atoms with Gasteiger partial charge in [0.2, 0.25) is 0 Å². The number of aryl methyl sites for hydroxylation is 2. The van der Waals surface area contributed by atoms with E-state index in [0.717, 1.165) is 21.8 Å². The van der Waals surface area contributed by atoms with Crippen molar-refractivity contribution in [1.29, 1.82) is 0 Å². The summed E-state index contributed by atoms with van der Waals surface area (Å²) in [5.74, 6) is -0.180. The topological polar surface area (TPSA) is 46.4 Å². The molecule has 0 spiro atoms. The first-order valence-corrected chi connectivity index (χ1v) is 6.81. The summed E-state index contributed by atoms with van der Waals surface area (Å²) in [7, 11) is 0. The summed E-state index contributed by atoms with van der Waals surface area (Å²) in [6, 6.07) is 5.97. The lowest BCUT2D eigenvalue weighted by molar-refractivity contribution is 0.102. The van der Waals surface area contributed by atoms with E-state index in [9.17, 15) is 4.79 Å². The van der Waals surface area contributed by atoms with Gasteiger partial charge in [-0.3, -0.25) is 9.20 Å². The molecule has 0 aliphatic heterocycles. The molecule has 19 heavy (non-hydrogen) atoms. The molecule has 5 heteroatoms. The number of amides is 1. The summed E-state index contributed by atoms with van der Waals surface area (Å²) in [6.45, 7) is 4.02. The van der Waals surface area contributed by atoms with Crippen molar-refractivity contribution >= 4 is 27.9 Å². The molecule has 0 aliphatic rings. The van der Waals surface area contributed by atoms with Crippen molar-refractivity contribution in [2.45, 2.75) is 13.8 Å². The molecule has 0 saturated carbocycles. The van der Waals surface area contributed by atoms with Crippen LogP contribution < -0.4 is 5.32 Å². The minimum atomic E-state index is -0.180. The van der Waals surface area contributed by atoms with Crippen molar-refractivity contribution in [2.75, 3.05) is 5.32 Å². The second-order valence-electron chi connectivity index (χ2n) is 4.55. The van der Waals surface area contributed by atoms with E-state index in [1.165, 1.54) is 11.3 Å². The van der Waals surface area contributed by atoms with Crippen molar-refractivity contribution < 1.29 is 4.79 Å². The number of thiazole rings is 1. The van der Waals surface area contributed by atoms with Crippen molar-refractivity contribution in [3.63, 3.8) is 0 Å². The molecule has 96 valence electrons. The maximum atomic E-state index is 12.1. The van der Waals surface area contributed by atoms with Crippen LogP contribution in [-0.4, -0.2) is 15.3 Å². The number of rotatable bonds is 2. The van der Waals surface area contributed by atoms with Crippen LogP contribution in [0.1, 0.15) is 21.6 Å². The number of carbonyl (C=O) groups is 1. The van der Waals surface area contributed by atoms with E-state index >= 15 is 0 Å². The maximum absolute atomic E-state index is 12.1. The summed E-state index contributed by atoms with van der Waals surface area (Å²) >= 11 is 1.51. The third-order valence-corrected chi connectivity index (χ3v) is 3.58. The Bertz CT molecular complexity index is 708. The van der Waals surface area contributed by atoms with E-state index in [4.69, 9.17) is 0 Å². The van der Waals surface area contributed by atoms with E-state index in [1.807, 2.05) is 42.0 Å². The average Bonchev–Trinajstić information content (AvgIpc) is 2.86. The average molecular weight is 271 g/mol. The quantitative estimate of drug-likeness (QED) is 0.777. The number of aromatic nitrogens is 2. The van der Waals surface area contributed by atoms with Crippen LogP contribution in [0, 0.1) is 13.8 Å². The molecule has 0 aliphatic carbocycles. The Kier molecular flexibility index (Phi) is 2.83. The molecule has 0 unspecified atom stereocenters. The van der Waals surface area contributed by atoms with Crippen LogP contribution in [0.3, 0.4) is 0 Å². The standard InChI is InChI=1S/C14H13N3OS/c1-9-5-10(2)7-11(6-9)15-13(18)12-8-17-3-4-19-14(17)16-12/h3-8H,1-2H3,(H,15,18). The SMILES string of the molecule is Cc1cc(C)cc(NC(=O)c2cn3ccsc3n2)c1. The van der Waals surface area contributed by atoms with Crippen molar-refractivity contribution in [1.82, 2.24) is 9.38 Å². The predicted octanol–water partition coefficient (Wildman–Crippen LogP) is 3.26. The highest BCUT2D eigenvalue weighted by Gasteiger charge is 2.11. The highest BCUT2D eigenvalue weighted by molar-refractivity contribution is 7.15. The first kappa shape index (κ1) is 11.9. The van der Waals surface area contributed by atoms with E-state index in [-0.39, 0.29) is 5.91 Å². The van der Waals surface area contributed by atoms with E-state index in [2.05, 4.69) is 16.4 Å². The van der Waals surface area contributed by atoms with Crippen molar-refractivity contribution in [3.05, 3.63) is 52.8 Å². The molecule has 3 rings (SSSR count). The minimum absolute atomic E-state index is 0.180. The summed E-state index contributed by atoms with van der Waals surface area (Å²) in [4.78, 5) is 17.2. The molecule has 0 atom stereocenters. The summed E-state index contributed by atoms with van der Waals surface area (Å²) in [5.41, 5.74) is 3.49. The first-order valence-electron chi connectivity index (χ1n) is 5.94. The van der Waals surface area contributed by atoms with Gasteiger partial charge in [-0.25, -0.2) is 4.98 Å². The fourth-order valence-electron chi connectivity index (χ4n) is 2.08. The van der Waals surface area contributed by atoms with Gasteiger partial charge >= 0.3 is 0 Å². The van der Waals surface area contributed by atoms with Crippen LogP contribution in [0.25, 0.3) is 4.96 Å². The lowest BCUT2D eigenvalue weighted by Gasteiger charge is -2.05. The molecule has 1 aromatic carbocycles. The van der Waals surface area contributed by atoms with Gasteiger partial charge < -0.3 is 5.32 Å². The molecular formula is C14H13N3OS. The Labute approximate surface area is 114 Å². The molecule has 0 radical (unpaired) electrons. The smallest absolute Gasteiger partial charge is 0.275 e. The lowest BCUT2D eigenvalue weighted by Crippen LogP contribution is -2.12. The number of nitrogens with one attached hydrogen (secondary N) is 1. The van der Waals surface area contributed by atoms with Crippen molar-refractivity contribution in [2.24, 2.45) is 0 Å². The molecule has 0 saturated heterocycles. The van der Waals surface area contributed by atoms with Gasteiger partial charge in [0.05, 0.1) is 0 Å². The van der Waals surface area contributed by atoms with Gasteiger partial charge in [0.15, 0.2) is 4.96 Å². The normalized spacial score (nSPS) is 10.8.